The molecule has 0 radical (unpaired) electrons. The van der Waals surface area contributed by atoms with Crippen LogP contribution < -0.4 is 0 Å². The van der Waals surface area contributed by atoms with Crippen LogP contribution >= 0.6 is 11.3 Å². The van der Waals surface area contributed by atoms with Gasteiger partial charge in [0.25, 0.3) is 0 Å². The lowest BCUT2D eigenvalue weighted by Gasteiger charge is -2.34. The summed E-state index contributed by atoms with van der Waals surface area (Å²) in [6.07, 6.45) is 8.15. The van der Waals surface area contributed by atoms with Gasteiger partial charge >= 0.3 is 0 Å². The summed E-state index contributed by atoms with van der Waals surface area (Å²) in [6.45, 7) is 3.55. The molecule has 4 aromatic rings. The number of rotatable bonds is 2. The van der Waals surface area contributed by atoms with Gasteiger partial charge in [-0.2, -0.15) is 10.2 Å². The Balaban J connectivity index is 1.27. The predicted octanol–water partition coefficient (Wildman–Crippen LogP) is 4.05. The number of aryl methyl sites for hydroxylation is 2. The molecule has 150 valence electrons. The number of imidazole rings is 1. The fourth-order valence-electron chi connectivity index (χ4n) is 4.72. The highest BCUT2D eigenvalue weighted by Gasteiger charge is 2.41. The van der Waals surface area contributed by atoms with Crippen molar-refractivity contribution in [2.45, 2.75) is 44.3 Å². The Morgan fingerprint density at radius 1 is 1.10 bits per heavy atom. The van der Waals surface area contributed by atoms with E-state index in [0.717, 1.165) is 71.0 Å². The molecule has 4 heterocycles. The molecule has 1 spiro atoms. The summed E-state index contributed by atoms with van der Waals surface area (Å²) >= 11 is 1.64. The fraction of sp³-hybridized carbons (Fsp3) is 0.476. The van der Waals surface area contributed by atoms with E-state index >= 15 is 0 Å². The normalized spacial score (nSPS) is 19.8. The predicted molar refractivity (Wildman–Crippen MR) is 111 cm³/mol. The van der Waals surface area contributed by atoms with Crippen molar-refractivity contribution < 1.29 is 9.47 Å². The highest BCUT2D eigenvalue weighted by atomic mass is 32.1. The van der Waals surface area contributed by atoms with Crippen molar-refractivity contribution >= 4 is 27.2 Å². The average molecular weight is 410 g/mol. The molecule has 2 aliphatic rings. The monoisotopic (exact) mass is 409 g/mol. The van der Waals surface area contributed by atoms with Gasteiger partial charge in [0.05, 0.1) is 30.6 Å². The number of hydrogen-bond donors (Lipinski definition) is 0. The van der Waals surface area contributed by atoms with Gasteiger partial charge in [-0.1, -0.05) is 11.3 Å². The van der Waals surface area contributed by atoms with Crippen LogP contribution in [0.5, 0.6) is 0 Å². The highest BCUT2D eigenvalue weighted by molar-refractivity contribution is 7.19. The van der Waals surface area contributed by atoms with E-state index in [9.17, 15) is 0 Å². The lowest BCUT2D eigenvalue weighted by Crippen LogP contribution is -2.34. The molecule has 2 fully saturated rings. The largest absolute Gasteiger partial charge is 0.348 e. The molecule has 29 heavy (non-hydrogen) atoms. The van der Waals surface area contributed by atoms with Crippen LogP contribution in [0.25, 0.3) is 26.4 Å². The van der Waals surface area contributed by atoms with Crippen molar-refractivity contribution in [3.63, 3.8) is 0 Å². The molecule has 0 bridgehead atoms. The summed E-state index contributed by atoms with van der Waals surface area (Å²) in [5, 5.41) is 11.5. The molecular weight excluding hydrogens is 386 g/mol. The van der Waals surface area contributed by atoms with Crippen molar-refractivity contribution in [1.82, 2.24) is 24.4 Å². The lowest BCUT2D eigenvalue weighted by atomic mass is 9.83. The minimum absolute atomic E-state index is 0.318. The minimum atomic E-state index is -0.318. The van der Waals surface area contributed by atoms with Gasteiger partial charge in [-0.05, 0) is 37.5 Å². The molecule has 6 rings (SSSR count). The molecule has 1 aromatic carbocycles. The summed E-state index contributed by atoms with van der Waals surface area (Å²) < 4.78 is 15.5. The van der Waals surface area contributed by atoms with Gasteiger partial charge in [-0.15, -0.1) is 0 Å². The second kappa shape index (κ2) is 6.35. The van der Waals surface area contributed by atoms with Crippen molar-refractivity contribution in [1.29, 1.82) is 0 Å². The zero-order chi connectivity index (χ0) is 19.6. The molecule has 8 heteroatoms. The van der Waals surface area contributed by atoms with Crippen LogP contribution in [0.3, 0.4) is 0 Å². The van der Waals surface area contributed by atoms with Gasteiger partial charge in [0.15, 0.2) is 5.79 Å². The van der Waals surface area contributed by atoms with E-state index in [2.05, 4.69) is 36.5 Å². The highest BCUT2D eigenvalue weighted by Crippen LogP contribution is 2.42. The third-order valence-corrected chi connectivity index (χ3v) is 7.17. The third kappa shape index (κ3) is 2.89. The first-order valence-electron chi connectivity index (χ1n) is 10.2. The minimum Gasteiger partial charge on any atom is -0.348 e. The molecule has 0 atom stereocenters. The Kier molecular flexibility index (Phi) is 3.85. The van der Waals surface area contributed by atoms with Crippen LogP contribution in [0.1, 0.15) is 42.9 Å². The molecule has 3 aromatic heterocycles. The van der Waals surface area contributed by atoms with Crippen molar-refractivity contribution in [2.75, 3.05) is 13.2 Å². The fourth-order valence-corrected chi connectivity index (χ4v) is 5.60. The second-order valence-electron chi connectivity index (χ2n) is 8.22. The smallest absolute Gasteiger partial charge is 0.212 e. The second-order valence-corrected chi connectivity index (χ2v) is 9.17. The maximum absolute atomic E-state index is 5.85. The summed E-state index contributed by atoms with van der Waals surface area (Å²) in [7, 11) is 1.95. The van der Waals surface area contributed by atoms with Crippen molar-refractivity contribution in [3.8, 4) is 10.6 Å². The van der Waals surface area contributed by atoms with Gasteiger partial charge in [-0.3, -0.25) is 4.68 Å². The van der Waals surface area contributed by atoms with E-state index in [0.29, 0.717) is 5.92 Å². The Bertz CT molecular complexity index is 1180. The van der Waals surface area contributed by atoms with Gasteiger partial charge in [-0.25, -0.2) is 9.50 Å². The summed E-state index contributed by atoms with van der Waals surface area (Å²) in [4.78, 5) is 5.86. The standard InChI is InChI=1S/C21H23N5O2S/c1-13-9-15(10-16-11-25(2)23-18(13)16)19-24-26-12-17(22-20(26)29-19)14-3-5-21(6-4-14)27-7-8-28-21/h9-12,14H,3-8H2,1-2H3. The van der Waals surface area contributed by atoms with Crippen LogP contribution in [0.2, 0.25) is 0 Å². The number of hydrogen-bond acceptors (Lipinski definition) is 6. The van der Waals surface area contributed by atoms with Gasteiger partial charge in [0.1, 0.15) is 5.01 Å². The van der Waals surface area contributed by atoms with E-state index in [1.165, 1.54) is 5.56 Å². The zero-order valence-corrected chi connectivity index (χ0v) is 17.4. The van der Waals surface area contributed by atoms with E-state index in [1.807, 2.05) is 16.2 Å². The molecule has 7 nitrogen and oxygen atoms in total. The number of aromatic nitrogens is 5. The Morgan fingerprint density at radius 3 is 2.66 bits per heavy atom. The Labute approximate surface area is 172 Å². The first kappa shape index (κ1) is 17.6. The van der Waals surface area contributed by atoms with Crippen LogP contribution in [-0.2, 0) is 16.5 Å². The van der Waals surface area contributed by atoms with Crippen LogP contribution in [-0.4, -0.2) is 43.4 Å². The van der Waals surface area contributed by atoms with Crippen LogP contribution in [0.4, 0.5) is 0 Å². The molecule has 1 saturated heterocycles. The number of benzene rings is 1. The van der Waals surface area contributed by atoms with Crippen molar-refractivity contribution in [2.24, 2.45) is 7.05 Å². The van der Waals surface area contributed by atoms with E-state index < -0.39 is 0 Å². The van der Waals surface area contributed by atoms with Gasteiger partial charge < -0.3 is 9.47 Å². The summed E-state index contributed by atoms with van der Waals surface area (Å²) in [5.41, 5.74) is 4.47. The number of ether oxygens (including phenoxy) is 2. The third-order valence-electron chi connectivity index (χ3n) is 6.20. The number of fused-ring (bicyclic) bond motifs is 2. The quantitative estimate of drug-likeness (QED) is 0.500. The first-order chi connectivity index (χ1) is 14.1. The van der Waals surface area contributed by atoms with Crippen LogP contribution in [0, 0.1) is 6.92 Å². The first-order valence-corrected chi connectivity index (χ1v) is 11.0. The molecule has 1 saturated carbocycles. The molecular formula is C21H23N5O2S. The summed E-state index contributed by atoms with van der Waals surface area (Å²) in [5.74, 6) is 0.140. The average Bonchev–Trinajstić information content (AvgIpc) is 3.45. The van der Waals surface area contributed by atoms with Crippen LogP contribution in [0.15, 0.2) is 24.5 Å². The summed E-state index contributed by atoms with van der Waals surface area (Å²) in [6, 6.07) is 4.33. The van der Waals surface area contributed by atoms with E-state index in [-0.39, 0.29) is 5.79 Å². The molecule has 1 aliphatic heterocycles. The Hall–Kier alpha value is -2.29. The van der Waals surface area contributed by atoms with E-state index in [1.54, 1.807) is 11.3 Å². The van der Waals surface area contributed by atoms with Gasteiger partial charge in [0.2, 0.25) is 4.96 Å². The zero-order valence-electron chi connectivity index (χ0n) is 16.6. The lowest BCUT2D eigenvalue weighted by molar-refractivity contribution is -0.178. The maximum atomic E-state index is 5.85. The maximum Gasteiger partial charge on any atom is 0.212 e. The topological polar surface area (TPSA) is 66.5 Å². The van der Waals surface area contributed by atoms with E-state index in [4.69, 9.17) is 19.6 Å². The molecule has 1 aliphatic carbocycles. The van der Waals surface area contributed by atoms with Crippen molar-refractivity contribution in [3.05, 3.63) is 35.8 Å². The molecule has 0 amide bonds. The number of nitrogens with zero attached hydrogens (tertiary/aromatic N) is 5. The molecule has 0 N–H and O–H groups in total. The Morgan fingerprint density at radius 2 is 1.90 bits per heavy atom. The molecule has 0 unspecified atom stereocenters. The van der Waals surface area contributed by atoms with Gasteiger partial charge in [0, 0.05) is 43.0 Å². The SMILES string of the molecule is Cc1cc(-c2nn3cc(C4CCC5(CC4)OCCO5)nc3s2)cc2cn(C)nc12.